The fourth-order valence-corrected chi connectivity index (χ4v) is 3.53. The van der Waals surface area contributed by atoms with Gasteiger partial charge in [0.1, 0.15) is 0 Å². The van der Waals surface area contributed by atoms with Gasteiger partial charge < -0.3 is 4.57 Å². The van der Waals surface area contributed by atoms with Gasteiger partial charge in [0.15, 0.2) is 16.8 Å². The zero-order valence-corrected chi connectivity index (χ0v) is 15.3. The predicted octanol–water partition coefficient (Wildman–Crippen LogP) is 4.03. The summed E-state index contributed by atoms with van der Waals surface area (Å²) in [7, 11) is 0. The third-order valence-electron chi connectivity index (χ3n) is 3.96. The molecule has 0 aliphatic heterocycles. The van der Waals surface area contributed by atoms with Gasteiger partial charge in [0, 0.05) is 30.1 Å². The highest BCUT2D eigenvalue weighted by molar-refractivity contribution is 8.00. The van der Waals surface area contributed by atoms with E-state index in [0.717, 1.165) is 34.2 Å². The Hall–Kier alpha value is -2.47. The fourth-order valence-electron chi connectivity index (χ4n) is 2.54. The van der Waals surface area contributed by atoms with E-state index in [-0.39, 0.29) is 11.0 Å². The first-order valence-electron chi connectivity index (χ1n) is 8.21. The lowest BCUT2D eigenvalue weighted by atomic mass is 10.1. The van der Waals surface area contributed by atoms with Crippen molar-refractivity contribution in [3.05, 3.63) is 59.9 Å². The van der Waals surface area contributed by atoms with E-state index < -0.39 is 0 Å². The lowest BCUT2D eigenvalue weighted by Gasteiger charge is -2.12. The molecule has 3 rings (SSSR count). The Labute approximate surface area is 151 Å². The molecule has 3 aromatic rings. The minimum atomic E-state index is -0.234. The minimum Gasteiger partial charge on any atom is -0.302 e. The van der Waals surface area contributed by atoms with Crippen LogP contribution in [-0.4, -0.2) is 30.8 Å². The molecule has 1 aromatic carbocycles. The van der Waals surface area contributed by atoms with Crippen LogP contribution in [-0.2, 0) is 6.54 Å². The first-order valence-corrected chi connectivity index (χ1v) is 9.09. The van der Waals surface area contributed by atoms with E-state index >= 15 is 0 Å². The summed E-state index contributed by atoms with van der Waals surface area (Å²) in [4.78, 5) is 16.7. The van der Waals surface area contributed by atoms with Gasteiger partial charge in [0.05, 0.1) is 5.25 Å². The van der Waals surface area contributed by atoms with E-state index in [1.165, 1.54) is 11.8 Å². The van der Waals surface area contributed by atoms with Crippen molar-refractivity contribution in [2.24, 2.45) is 0 Å². The Kier molecular flexibility index (Phi) is 5.28. The van der Waals surface area contributed by atoms with Gasteiger partial charge in [-0.2, -0.15) is 0 Å². The van der Waals surface area contributed by atoms with Crippen LogP contribution in [0.2, 0.25) is 0 Å². The molecule has 0 aliphatic carbocycles. The van der Waals surface area contributed by atoms with Gasteiger partial charge in [-0.1, -0.05) is 41.6 Å². The summed E-state index contributed by atoms with van der Waals surface area (Å²) in [5, 5.41) is 9.12. The van der Waals surface area contributed by atoms with Crippen molar-refractivity contribution in [1.82, 2.24) is 19.7 Å². The third-order valence-corrected chi connectivity index (χ3v) is 5.04. The number of ketones is 1. The van der Waals surface area contributed by atoms with Crippen LogP contribution in [0.5, 0.6) is 0 Å². The van der Waals surface area contributed by atoms with Crippen molar-refractivity contribution < 1.29 is 4.79 Å². The molecule has 128 valence electrons. The summed E-state index contributed by atoms with van der Waals surface area (Å²) in [6.45, 7) is 6.70. The molecule has 1 atom stereocenters. The standard InChI is InChI=1S/C19H20N4OS/c1-4-23-18(16-9-11-20-12-10-16)21-22-19(23)25-14(3)17(24)15-7-5-13(2)6-8-15/h5-12,14H,4H2,1-3H3. The molecule has 0 bridgehead atoms. The van der Waals surface area contributed by atoms with Gasteiger partial charge in [0.25, 0.3) is 0 Å². The third kappa shape index (κ3) is 3.79. The number of benzene rings is 1. The maximum absolute atomic E-state index is 12.7. The molecule has 5 nitrogen and oxygen atoms in total. The van der Waals surface area contributed by atoms with Crippen LogP contribution in [0.25, 0.3) is 11.4 Å². The Morgan fingerprint density at radius 3 is 2.44 bits per heavy atom. The van der Waals surface area contributed by atoms with Gasteiger partial charge in [-0.3, -0.25) is 9.78 Å². The van der Waals surface area contributed by atoms with Crippen LogP contribution in [0.3, 0.4) is 0 Å². The second kappa shape index (κ2) is 7.61. The first-order chi connectivity index (χ1) is 12.1. The molecule has 6 heteroatoms. The number of thioether (sulfide) groups is 1. The molecule has 0 saturated carbocycles. The molecule has 0 radical (unpaired) electrons. The van der Waals surface area contributed by atoms with Gasteiger partial charge in [-0.15, -0.1) is 10.2 Å². The molecular weight excluding hydrogens is 332 g/mol. The summed E-state index contributed by atoms with van der Waals surface area (Å²) < 4.78 is 2.03. The highest BCUT2D eigenvalue weighted by atomic mass is 32.2. The Morgan fingerprint density at radius 1 is 1.12 bits per heavy atom. The van der Waals surface area contributed by atoms with Crippen molar-refractivity contribution in [1.29, 1.82) is 0 Å². The van der Waals surface area contributed by atoms with Gasteiger partial charge in [0.2, 0.25) is 0 Å². The SMILES string of the molecule is CCn1c(SC(C)C(=O)c2ccc(C)cc2)nnc1-c1ccncc1. The van der Waals surface area contributed by atoms with Crippen LogP contribution in [0.1, 0.15) is 29.8 Å². The molecule has 0 fully saturated rings. The fraction of sp³-hybridized carbons (Fsp3) is 0.263. The smallest absolute Gasteiger partial charge is 0.192 e. The molecule has 0 N–H and O–H groups in total. The maximum atomic E-state index is 12.7. The summed E-state index contributed by atoms with van der Waals surface area (Å²) >= 11 is 1.44. The first kappa shape index (κ1) is 17.4. The molecule has 0 saturated heterocycles. The predicted molar refractivity (Wildman–Crippen MR) is 99.8 cm³/mol. The van der Waals surface area contributed by atoms with Crippen molar-refractivity contribution in [3.8, 4) is 11.4 Å². The minimum absolute atomic E-state index is 0.0983. The summed E-state index contributed by atoms with van der Waals surface area (Å²) in [6, 6.07) is 11.5. The number of aromatic nitrogens is 4. The van der Waals surface area contributed by atoms with Gasteiger partial charge in [-0.05, 0) is 32.9 Å². The molecule has 0 spiro atoms. The normalized spacial score (nSPS) is 12.1. The highest BCUT2D eigenvalue weighted by Gasteiger charge is 2.21. The van der Waals surface area contributed by atoms with Crippen LogP contribution in [0.15, 0.2) is 53.9 Å². The van der Waals surface area contributed by atoms with Crippen LogP contribution in [0, 0.1) is 6.92 Å². The van der Waals surface area contributed by atoms with E-state index in [1.54, 1.807) is 12.4 Å². The molecule has 2 heterocycles. The summed E-state index contributed by atoms with van der Waals surface area (Å²) in [6.07, 6.45) is 3.47. The van der Waals surface area contributed by atoms with E-state index in [4.69, 9.17) is 0 Å². The summed E-state index contributed by atoms with van der Waals surface area (Å²) in [5.74, 6) is 0.892. The van der Waals surface area contributed by atoms with E-state index in [2.05, 4.69) is 15.2 Å². The average molecular weight is 352 g/mol. The monoisotopic (exact) mass is 352 g/mol. The second-order valence-electron chi connectivity index (χ2n) is 5.78. The molecular formula is C19H20N4OS. The Morgan fingerprint density at radius 2 is 1.80 bits per heavy atom. The number of nitrogens with zero attached hydrogens (tertiary/aromatic N) is 4. The zero-order chi connectivity index (χ0) is 17.8. The van der Waals surface area contributed by atoms with Crippen LogP contribution >= 0.6 is 11.8 Å². The van der Waals surface area contributed by atoms with Gasteiger partial charge >= 0.3 is 0 Å². The number of aryl methyl sites for hydroxylation is 1. The van der Waals surface area contributed by atoms with Crippen LogP contribution < -0.4 is 0 Å². The van der Waals surface area contributed by atoms with E-state index in [1.807, 2.05) is 61.7 Å². The van der Waals surface area contributed by atoms with Crippen molar-refractivity contribution in [2.45, 2.75) is 37.7 Å². The molecule has 0 aliphatic rings. The van der Waals surface area contributed by atoms with E-state index in [0.29, 0.717) is 0 Å². The lowest BCUT2D eigenvalue weighted by Crippen LogP contribution is -2.14. The van der Waals surface area contributed by atoms with E-state index in [9.17, 15) is 4.79 Å². The highest BCUT2D eigenvalue weighted by Crippen LogP contribution is 2.28. The van der Waals surface area contributed by atoms with Gasteiger partial charge in [-0.25, -0.2) is 0 Å². The number of hydrogen-bond donors (Lipinski definition) is 0. The number of hydrogen-bond acceptors (Lipinski definition) is 5. The lowest BCUT2D eigenvalue weighted by molar-refractivity contribution is 0.0994. The number of carbonyl (C=O) groups is 1. The second-order valence-corrected chi connectivity index (χ2v) is 7.08. The van der Waals surface area contributed by atoms with Crippen molar-refractivity contribution in [2.75, 3.05) is 0 Å². The Balaban J connectivity index is 1.82. The topological polar surface area (TPSA) is 60.7 Å². The number of Topliss-reactive ketones (excluding diaryl/α,β-unsaturated/α-hetero) is 1. The number of rotatable bonds is 6. The maximum Gasteiger partial charge on any atom is 0.192 e. The van der Waals surface area contributed by atoms with Crippen molar-refractivity contribution >= 4 is 17.5 Å². The van der Waals surface area contributed by atoms with Crippen LogP contribution in [0.4, 0.5) is 0 Å². The molecule has 1 unspecified atom stereocenters. The molecule has 25 heavy (non-hydrogen) atoms. The average Bonchev–Trinajstić information content (AvgIpc) is 3.05. The number of pyridine rings is 1. The zero-order valence-electron chi connectivity index (χ0n) is 14.5. The number of carbonyl (C=O) groups excluding carboxylic acids is 1. The van der Waals surface area contributed by atoms with Crippen molar-refractivity contribution in [3.63, 3.8) is 0 Å². The summed E-state index contributed by atoms with van der Waals surface area (Å²) in [5.41, 5.74) is 2.83. The molecule has 2 aromatic heterocycles. The Bertz CT molecular complexity index is 859. The quantitative estimate of drug-likeness (QED) is 0.495. The molecule has 0 amide bonds. The largest absolute Gasteiger partial charge is 0.302 e.